The molecular formula is C14H18O7. The predicted molar refractivity (Wildman–Crippen MR) is 70.7 cm³/mol. The smallest absolute Gasteiger partial charge is 0.343 e. The van der Waals surface area contributed by atoms with Gasteiger partial charge in [-0.3, -0.25) is 4.79 Å². The molecule has 1 heterocycles. The van der Waals surface area contributed by atoms with Crippen LogP contribution in [0.5, 0.6) is 0 Å². The van der Waals surface area contributed by atoms with Crippen LogP contribution in [0, 0.1) is 0 Å². The third-order valence-corrected chi connectivity index (χ3v) is 2.89. The van der Waals surface area contributed by atoms with Crippen LogP contribution < -0.4 is 0 Å². The summed E-state index contributed by atoms with van der Waals surface area (Å²) < 4.78 is 19.1. The Morgan fingerprint density at radius 2 is 1.86 bits per heavy atom. The third-order valence-electron chi connectivity index (χ3n) is 2.89. The van der Waals surface area contributed by atoms with Gasteiger partial charge in [-0.25, -0.2) is 9.59 Å². The van der Waals surface area contributed by atoms with Crippen LogP contribution in [0.2, 0.25) is 0 Å². The van der Waals surface area contributed by atoms with Crippen LogP contribution in [0.4, 0.5) is 0 Å². The Morgan fingerprint density at radius 1 is 1.14 bits per heavy atom. The Bertz CT molecular complexity index is 488. The van der Waals surface area contributed by atoms with E-state index in [4.69, 9.17) is 9.47 Å². The van der Waals surface area contributed by atoms with Crippen molar-refractivity contribution < 1.29 is 33.3 Å². The maximum absolute atomic E-state index is 11.8. The fourth-order valence-electron chi connectivity index (χ4n) is 1.82. The van der Waals surface area contributed by atoms with Crippen LogP contribution in [0.15, 0.2) is 23.2 Å². The van der Waals surface area contributed by atoms with Crippen molar-refractivity contribution in [3.63, 3.8) is 0 Å². The molecule has 116 valence electrons. The lowest BCUT2D eigenvalue weighted by atomic mass is 10.1. The molecule has 0 fully saturated rings. The van der Waals surface area contributed by atoms with Gasteiger partial charge >= 0.3 is 17.9 Å². The van der Waals surface area contributed by atoms with Gasteiger partial charge in [0.25, 0.3) is 0 Å². The molecule has 0 radical (unpaired) electrons. The van der Waals surface area contributed by atoms with Gasteiger partial charge in [0.15, 0.2) is 11.5 Å². The fourth-order valence-corrected chi connectivity index (χ4v) is 1.82. The number of cyclic esters (lactones) is 1. The summed E-state index contributed by atoms with van der Waals surface area (Å²) in [5.41, 5.74) is 0.345. The van der Waals surface area contributed by atoms with Gasteiger partial charge in [-0.1, -0.05) is 0 Å². The standard InChI is InChI=1S/C14H18O7/c1-18-11(15)7-5-4-6-9-13(20-3)10(21-14(9)17)8-12(16)19-2/h8H,4-7H2,1-3H3/b10-8+. The number of unbranched alkanes of at least 4 members (excludes halogenated alkanes) is 1. The number of ether oxygens (including phenoxy) is 4. The van der Waals surface area contributed by atoms with Crippen molar-refractivity contribution in [2.45, 2.75) is 25.7 Å². The molecule has 1 aliphatic heterocycles. The molecule has 0 aromatic heterocycles. The van der Waals surface area contributed by atoms with Gasteiger partial charge in [0.2, 0.25) is 0 Å². The summed E-state index contributed by atoms with van der Waals surface area (Å²) in [4.78, 5) is 33.9. The second kappa shape index (κ2) is 8.08. The molecule has 0 spiro atoms. The highest BCUT2D eigenvalue weighted by Crippen LogP contribution is 2.30. The van der Waals surface area contributed by atoms with Crippen molar-refractivity contribution in [3.05, 3.63) is 23.2 Å². The number of hydrogen-bond donors (Lipinski definition) is 0. The summed E-state index contributed by atoms with van der Waals surface area (Å²) in [6.07, 6.45) is 2.90. The van der Waals surface area contributed by atoms with Crippen LogP contribution >= 0.6 is 0 Å². The highest BCUT2D eigenvalue weighted by molar-refractivity contribution is 5.95. The molecule has 0 saturated heterocycles. The molecule has 7 nitrogen and oxygen atoms in total. The molecule has 0 bridgehead atoms. The van der Waals surface area contributed by atoms with Crippen LogP contribution in [0.3, 0.4) is 0 Å². The Labute approximate surface area is 122 Å². The minimum atomic E-state index is -0.640. The highest BCUT2D eigenvalue weighted by atomic mass is 16.6. The molecule has 1 rings (SSSR count). The average molecular weight is 298 g/mol. The zero-order valence-corrected chi connectivity index (χ0v) is 12.3. The first-order chi connectivity index (χ1) is 10.0. The summed E-state index contributed by atoms with van der Waals surface area (Å²) in [5.74, 6) is -1.23. The molecule has 0 unspecified atom stereocenters. The molecule has 0 atom stereocenters. The SMILES string of the molecule is COC(=O)/C=C1/OC(=O)C(CCCCC(=O)OC)=C1OC. The highest BCUT2D eigenvalue weighted by Gasteiger charge is 2.31. The molecule has 0 aromatic rings. The molecule has 21 heavy (non-hydrogen) atoms. The van der Waals surface area contributed by atoms with E-state index in [1.54, 1.807) is 0 Å². The largest absolute Gasteiger partial charge is 0.492 e. The van der Waals surface area contributed by atoms with Crippen LogP contribution in [0.25, 0.3) is 0 Å². The van der Waals surface area contributed by atoms with E-state index in [1.807, 2.05) is 0 Å². The van der Waals surface area contributed by atoms with Crippen molar-refractivity contribution in [2.24, 2.45) is 0 Å². The second-order valence-electron chi connectivity index (χ2n) is 4.22. The Kier molecular flexibility index (Phi) is 6.45. The van der Waals surface area contributed by atoms with E-state index in [2.05, 4.69) is 9.47 Å². The van der Waals surface area contributed by atoms with E-state index in [1.165, 1.54) is 21.3 Å². The zero-order valence-electron chi connectivity index (χ0n) is 12.3. The molecular weight excluding hydrogens is 280 g/mol. The summed E-state index contributed by atoms with van der Waals surface area (Å²) in [5, 5.41) is 0. The van der Waals surface area contributed by atoms with Gasteiger partial charge in [0, 0.05) is 6.42 Å². The Morgan fingerprint density at radius 3 is 2.43 bits per heavy atom. The summed E-state index contributed by atoms with van der Waals surface area (Å²) in [6.45, 7) is 0. The number of hydrogen-bond acceptors (Lipinski definition) is 7. The van der Waals surface area contributed by atoms with E-state index in [9.17, 15) is 14.4 Å². The molecule has 0 aromatic carbocycles. The molecule has 7 heteroatoms. The third kappa shape index (κ3) is 4.62. The van der Waals surface area contributed by atoms with Crippen molar-refractivity contribution in [1.29, 1.82) is 0 Å². The second-order valence-corrected chi connectivity index (χ2v) is 4.22. The van der Waals surface area contributed by atoms with E-state index in [0.717, 1.165) is 6.08 Å². The number of esters is 3. The van der Waals surface area contributed by atoms with E-state index >= 15 is 0 Å². The lowest BCUT2D eigenvalue weighted by Gasteiger charge is -2.03. The van der Waals surface area contributed by atoms with Gasteiger partial charge in [0.05, 0.1) is 33.0 Å². The normalized spacial score (nSPS) is 16.0. The van der Waals surface area contributed by atoms with Gasteiger partial charge in [-0.2, -0.15) is 0 Å². The monoisotopic (exact) mass is 298 g/mol. The predicted octanol–water partition coefficient (Wildman–Crippen LogP) is 1.23. The van der Waals surface area contributed by atoms with Crippen LogP contribution in [0.1, 0.15) is 25.7 Å². The Hall–Kier alpha value is -2.31. The quantitative estimate of drug-likeness (QED) is 0.302. The van der Waals surface area contributed by atoms with Crippen molar-refractivity contribution >= 4 is 17.9 Å². The van der Waals surface area contributed by atoms with Crippen LogP contribution in [-0.2, 0) is 33.3 Å². The summed E-state index contributed by atoms with van der Waals surface area (Å²) in [6, 6.07) is 0. The van der Waals surface area contributed by atoms with Crippen molar-refractivity contribution in [3.8, 4) is 0 Å². The first kappa shape index (κ1) is 16.7. The molecule has 0 amide bonds. The zero-order chi connectivity index (χ0) is 15.8. The van der Waals surface area contributed by atoms with Gasteiger partial charge in [-0.05, 0) is 19.3 Å². The maximum Gasteiger partial charge on any atom is 0.343 e. The fraction of sp³-hybridized carbons (Fsp3) is 0.500. The number of rotatable bonds is 7. The van der Waals surface area contributed by atoms with Gasteiger partial charge < -0.3 is 18.9 Å². The minimum Gasteiger partial charge on any atom is -0.492 e. The van der Waals surface area contributed by atoms with E-state index < -0.39 is 11.9 Å². The minimum absolute atomic E-state index is 0.0392. The lowest BCUT2D eigenvalue weighted by molar-refractivity contribution is -0.140. The van der Waals surface area contributed by atoms with Crippen molar-refractivity contribution in [1.82, 2.24) is 0 Å². The summed E-state index contributed by atoms with van der Waals surface area (Å²) >= 11 is 0. The van der Waals surface area contributed by atoms with Gasteiger partial charge in [0.1, 0.15) is 0 Å². The van der Waals surface area contributed by atoms with Crippen LogP contribution in [-0.4, -0.2) is 39.2 Å². The maximum atomic E-state index is 11.8. The van der Waals surface area contributed by atoms with E-state index in [0.29, 0.717) is 24.8 Å². The molecule has 0 N–H and O–H groups in total. The molecule has 0 aliphatic carbocycles. The number of carbonyl (C=O) groups excluding carboxylic acids is 3. The first-order valence-electron chi connectivity index (χ1n) is 6.39. The summed E-state index contributed by atoms with van der Waals surface area (Å²) in [7, 11) is 3.93. The van der Waals surface area contributed by atoms with Gasteiger partial charge in [-0.15, -0.1) is 0 Å². The van der Waals surface area contributed by atoms with E-state index in [-0.39, 0.29) is 23.9 Å². The molecule has 1 aliphatic rings. The van der Waals surface area contributed by atoms with Crippen molar-refractivity contribution in [2.75, 3.05) is 21.3 Å². The Balaban J connectivity index is 2.70. The first-order valence-corrected chi connectivity index (χ1v) is 6.39. The number of carbonyl (C=O) groups is 3. The lowest BCUT2D eigenvalue weighted by Crippen LogP contribution is -2.02. The average Bonchev–Trinajstić information content (AvgIpc) is 2.77. The topological polar surface area (TPSA) is 88.1 Å². The number of methoxy groups -OCH3 is 3. The molecule has 0 saturated carbocycles.